The predicted octanol–water partition coefficient (Wildman–Crippen LogP) is 4.32. The zero-order chi connectivity index (χ0) is 23.3. The number of piperazine rings is 1. The molecule has 0 atom stereocenters. The van der Waals surface area contributed by atoms with Crippen molar-refractivity contribution < 1.29 is 18.8 Å². The van der Waals surface area contributed by atoms with E-state index in [4.69, 9.17) is 16.0 Å². The summed E-state index contributed by atoms with van der Waals surface area (Å²) in [5, 5.41) is 7.17. The molecule has 1 aliphatic carbocycles. The van der Waals surface area contributed by atoms with Crippen molar-refractivity contribution in [3.63, 3.8) is 0 Å². The van der Waals surface area contributed by atoms with Crippen LogP contribution < -0.4 is 10.6 Å². The lowest BCUT2D eigenvalue weighted by Crippen LogP contribution is -2.52. The summed E-state index contributed by atoms with van der Waals surface area (Å²) in [6.45, 7) is 5.74. The molecule has 9 heteroatoms. The largest absolute Gasteiger partial charge is 0.450 e. The van der Waals surface area contributed by atoms with Gasteiger partial charge in [-0.1, -0.05) is 44.7 Å². The SMILES string of the molecule is CC(C)C(=O)N1CCN(C(=O)c2cc3cc(Cl)c4c(c3o2)C2(CCCCC2)NC(=O)N4)CC1. The number of carbonyl (C=O) groups excluding carboxylic acids is 3. The maximum absolute atomic E-state index is 13.3. The molecule has 5 rings (SSSR count). The van der Waals surface area contributed by atoms with Crippen LogP contribution >= 0.6 is 11.6 Å². The minimum absolute atomic E-state index is 0.0558. The highest BCUT2D eigenvalue weighted by atomic mass is 35.5. The molecule has 2 aromatic rings. The van der Waals surface area contributed by atoms with Crippen molar-refractivity contribution in [1.82, 2.24) is 15.1 Å². The van der Waals surface area contributed by atoms with Gasteiger partial charge < -0.3 is 24.9 Å². The molecule has 3 aliphatic rings. The number of hydrogen-bond acceptors (Lipinski definition) is 4. The van der Waals surface area contributed by atoms with Gasteiger partial charge in [0.15, 0.2) is 5.76 Å². The molecule has 2 fully saturated rings. The number of nitrogens with zero attached hydrogens (tertiary/aromatic N) is 2. The Hall–Kier alpha value is -2.74. The number of anilines is 1. The molecule has 4 amide bonds. The Bertz CT molecular complexity index is 1130. The van der Waals surface area contributed by atoms with Crippen LogP contribution in [-0.4, -0.2) is 53.8 Å². The molecule has 2 N–H and O–H groups in total. The van der Waals surface area contributed by atoms with Gasteiger partial charge in [0.05, 0.1) is 16.2 Å². The molecule has 1 aromatic carbocycles. The first-order valence-electron chi connectivity index (χ1n) is 11.7. The van der Waals surface area contributed by atoms with Crippen molar-refractivity contribution in [2.75, 3.05) is 31.5 Å². The van der Waals surface area contributed by atoms with Crippen LogP contribution in [0.2, 0.25) is 5.02 Å². The minimum Gasteiger partial charge on any atom is -0.450 e. The molecule has 8 nitrogen and oxygen atoms in total. The molecule has 176 valence electrons. The molecule has 1 saturated heterocycles. The van der Waals surface area contributed by atoms with Crippen LogP contribution in [0.1, 0.15) is 62.1 Å². The number of amides is 4. The van der Waals surface area contributed by atoms with Gasteiger partial charge in [0.25, 0.3) is 5.91 Å². The highest BCUT2D eigenvalue weighted by Gasteiger charge is 2.44. The van der Waals surface area contributed by atoms with Crippen LogP contribution in [0.25, 0.3) is 11.0 Å². The summed E-state index contributed by atoms with van der Waals surface area (Å²) in [6, 6.07) is 3.22. The van der Waals surface area contributed by atoms with E-state index in [1.54, 1.807) is 17.0 Å². The van der Waals surface area contributed by atoms with E-state index >= 15 is 0 Å². The van der Waals surface area contributed by atoms with E-state index in [1.165, 1.54) is 0 Å². The highest BCUT2D eigenvalue weighted by Crippen LogP contribution is 2.49. The molecular weight excluding hydrogens is 444 g/mol. The van der Waals surface area contributed by atoms with Crippen LogP contribution in [0.15, 0.2) is 16.5 Å². The number of rotatable bonds is 2. The summed E-state index contributed by atoms with van der Waals surface area (Å²) < 4.78 is 6.19. The first-order chi connectivity index (χ1) is 15.8. The molecule has 0 unspecified atom stereocenters. The van der Waals surface area contributed by atoms with Crippen molar-refractivity contribution in [2.45, 2.75) is 51.5 Å². The maximum atomic E-state index is 13.3. The molecule has 3 heterocycles. The second-order valence-corrected chi connectivity index (χ2v) is 10.0. The number of halogens is 1. The molecule has 0 radical (unpaired) electrons. The molecule has 0 bridgehead atoms. The Kier molecular flexibility index (Phi) is 5.51. The topological polar surface area (TPSA) is 94.9 Å². The highest BCUT2D eigenvalue weighted by molar-refractivity contribution is 6.35. The van der Waals surface area contributed by atoms with Crippen molar-refractivity contribution in [3.8, 4) is 0 Å². The number of benzene rings is 1. The fourth-order valence-corrected chi connectivity index (χ4v) is 5.70. The Labute approximate surface area is 197 Å². The average molecular weight is 473 g/mol. The summed E-state index contributed by atoms with van der Waals surface area (Å²) in [4.78, 5) is 41.5. The smallest absolute Gasteiger partial charge is 0.319 e. The van der Waals surface area contributed by atoms with E-state index in [-0.39, 0.29) is 29.5 Å². The fraction of sp³-hybridized carbons (Fsp3) is 0.542. The minimum atomic E-state index is -0.542. The van der Waals surface area contributed by atoms with Gasteiger partial charge >= 0.3 is 6.03 Å². The standard InChI is InChI=1S/C24H29ClN4O4/c1-14(2)21(30)28-8-10-29(11-9-28)22(31)17-13-15-12-16(25)19-18(20(15)33-17)24(27-23(32)26-19)6-4-3-5-7-24/h12-14H,3-11H2,1-2H3,(H2,26,27,32). The second-order valence-electron chi connectivity index (χ2n) is 9.63. The van der Waals surface area contributed by atoms with Crippen LogP contribution in [0, 0.1) is 5.92 Å². The second kappa shape index (κ2) is 8.24. The number of carbonyl (C=O) groups is 3. The van der Waals surface area contributed by atoms with E-state index in [1.807, 2.05) is 18.7 Å². The summed E-state index contributed by atoms with van der Waals surface area (Å²) >= 11 is 6.58. The number of nitrogens with one attached hydrogen (secondary N) is 2. The van der Waals surface area contributed by atoms with Gasteiger partial charge in [-0.25, -0.2) is 4.79 Å². The monoisotopic (exact) mass is 472 g/mol. The lowest BCUT2D eigenvalue weighted by Gasteiger charge is -2.42. The van der Waals surface area contributed by atoms with Gasteiger partial charge in [-0.3, -0.25) is 9.59 Å². The first kappa shape index (κ1) is 22.1. The number of urea groups is 1. The third kappa shape index (κ3) is 3.74. The zero-order valence-corrected chi connectivity index (χ0v) is 19.8. The molecule has 33 heavy (non-hydrogen) atoms. The Morgan fingerprint density at radius 2 is 1.73 bits per heavy atom. The Balaban J connectivity index is 1.47. The maximum Gasteiger partial charge on any atom is 0.319 e. The third-order valence-corrected chi connectivity index (χ3v) is 7.42. The molecule has 1 saturated carbocycles. The average Bonchev–Trinajstić information content (AvgIpc) is 3.22. The summed E-state index contributed by atoms with van der Waals surface area (Å²) in [7, 11) is 0. The summed E-state index contributed by atoms with van der Waals surface area (Å²) in [6.07, 6.45) is 4.73. The third-order valence-electron chi connectivity index (χ3n) is 7.12. The molecular formula is C24H29ClN4O4. The van der Waals surface area contributed by atoms with Gasteiger partial charge in [0, 0.05) is 43.0 Å². The van der Waals surface area contributed by atoms with Crippen molar-refractivity contribution in [2.24, 2.45) is 5.92 Å². The fourth-order valence-electron chi connectivity index (χ4n) is 5.44. The number of furan rings is 1. The van der Waals surface area contributed by atoms with Gasteiger partial charge in [-0.05, 0) is 25.0 Å². The van der Waals surface area contributed by atoms with Gasteiger partial charge in [0.1, 0.15) is 5.58 Å². The quantitative estimate of drug-likeness (QED) is 0.680. The van der Waals surface area contributed by atoms with Crippen molar-refractivity contribution in [3.05, 3.63) is 28.5 Å². The van der Waals surface area contributed by atoms with Crippen LogP contribution in [0.3, 0.4) is 0 Å². The number of hydrogen-bond donors (Lipinski definition) is 2. The molecule has 2 aliphatic heterocycles. The first-order valence-corrected chi connectivity index (χ1v) is 12.1. The Morgan fingerprint density at radius 3 is 2.39 bits per heavy atom. The Morgan fingerprint density at radius 1 is 1.06 bits per heavy atom. The summed E-state index contributed by atoms with van der Waals surface area (Å²) in [5.74, 6) is 0.110. The van der Waals surface area contributed by atoms with Crippen LogP contribution in [0.4, 0.5) is 10.5 Å². The van der Waals surface area contributed by atoms with E-state index in [2.05, 4.69) is 10.6 Å². The van der Waals surface area contributed by atoms with Gasteiger partial charge in [-0.2, -0.15) is 0 Å². The van der Waals surface area contributed by atoms with Crippen molar-refractivity contribution >= 4 is 46.1 Å². The van der Waals surface area contributed by atoms with Gasteiger partial charge in [0.2, 0.25) is 5.91 Å². The lowest BCUT2D eigenvalue weighted by molar-refractivity contribution is -0.135. The lowest BCUT2D eigenvalue weighted by atomic mass is 9.74. The normalized spacial score (nSPS) is 20.1. The van der Waals surface area contributed by atoms with E-state index in [0.717, 1.165) is 43.1 Å². The van der Waals surface area contributed by atoms with Crippen LogP contribution in [-0.2, 0) is 10.3 Å². The summed E-state index contributed by atoms with van der Waals surface area (Å²) in [5.41, 5.74) is 1.47. The predicted molar refractivity (Wildman–Crippen MR) is 125 cm³/mol. The molecule has 1 spiro atoms. The van der Waals surface area contributed by atoms with Crippen molar-refractivity contribution in [1.29, 1.82) is 0 Å². The van der Waals surface area contributed by atoms with E-state index in [9.17, 15) is 14.4 Å². The van der Waals surface area contributed by atoms with E-state index in [0.29, 0.717) is 42.5 Å². The zero-order valence-electron chi connectivity index (χ0n) is 19.0. The van der Waals surface area contributed by atoms with E-state index < -0.39 is 5.54 Å². The molecule has 1 aromatic heterocycles. The van der Waals surface area contributed by atoms with Gasteiger partial charge in [-0.15, -0.1) is 0 Å². The van der Waals surface area contributed by atoms with Crippen LogP contribution in [0.5, 0.6) is 0 Å². The number of fused-ring (bicyclic) bond motifs is 4.